The standard InChI is InChI=1S/C26H27N7O/c1-17-7-6-10-22(29-17)26-25(20-11-12-24-27-16-28-33(24)14-20)30-23(31-26)15-32(3)13-19-8-4-5-9-21(19)18(2)34/h4-12,14,16,18,34H,13,15H2,1-3H3,(H,30,31). The van der Waals surface area contributed by atoms with Crippen LogP contribution in [0.3, 0.4) is 0 Å². The van der Waals surface area contributed by atoms with E-state index in [-0.39, 0.29) is 0 Å². The second-order valence-corrected chi connectivity index (χ2v) is 8.60. The zero-order valence-corrected chi connectivity index (χ0v) is 19.5. The van der Waals surface area contributed by atoms with Gasteiger partial charge in [0.2, 0.25) is 0 Å². The first-order chi connectivity index (χ1) is 16.5. The molecule has 1 unspecified atom stereocenters. The number of aliphatic hydroxyl groups excluding tert-OH is 1. The molecular weight excluding hydrogens is 426 g/mol. The highest BCUT2D eigenvalue weighted by Crippen LogP contribution is 2.30. The first-order valence-corrected chi connectivity index (χ1v) is 11.2. The minimum Gasteiger partial charge on any atom is -0.389 e. The smallest absolute Gasteiger partial charge is 0.155 e. The molecule has 1 atom stereocenters. The highest BCUT2D eigenvalue weighted by atomic mass is 16.3. The zero-order chi connectivity index (χ0) is 23.7. The lowest BCUT2D eigenvalue weighted by Gasteiger charge is -2.19. The van der Waals surface area contributed by atoms with Crippen molar-refractivity contribution < 1.29 is 5.11 Å². The maximum atomic E-state index is 10.1. The highest BCUT2D eigenvalue weighted by molar-refractivity contribution is 5.77. The molecule has 0 bridgehead atoms. The Morgan fingerprint density at radius 1 is 1.03 bits per heavy atom. The molecule has 4 heterocycles. The van der Waals surface area contributed by atoms with Gasteiger partial charge in [0.15, 0.2) is 5.65 Å². The molecular formula is C26H27N7O. The predicted molar refractivity (Wildman–Crippen MR) is 131 cm³/mol. The van der Waals surface area contributed by atoms with Crippen LogP contribution in [0.4, 0.5) is 0 Å². The monoisotopic (exact) mass is 453 g/mol. The Bertz CT molecular complexity index is 1440. The number of imidazole rings is 1. The number of H-pyrrole nitrogens is 1. The van der Waals surface area contributed by atoms with E-state index < -0.39 is 6.10 Å². The number of pyridine rings is 2. The number of rotatable bonds is 7. The van der Waals surface area contributed by atoms with Crippen LogP contribution in [0.25, 0.3) is 28.3 Å². The molecule has 5 aromatic rings. The van der Waals surface area contributed by atoms with Gasteiger partial charge in [-0.3, -0.25) is 9.88 Å². The summed E-state index contributed by atoms with van der Waals surface area (Å²) in [6.45, 7) is 5.08. The Labute approximate surface area is 198 Å². The van der Waals surface area contributed by atoms with Gasteiger partial charge in [-0.05, 0) is 56.3 Å². The van der Waals surface area contributed by atoms with Gasteiger partial charge in [-0.2, -0.15) is 5.10 Å². The first kappa shape index (κ1) is 21.9. The van der Waals surface area contributed by atoms with E-state index in [4.69, 9.17) is 9.97 Å². The number of aryl methyl sites for hydroxylation is 1. The lowest BCUT2D eigenvalue weighted by atomic mass is 10.0. The van der Waals surface area contributed by atoms with Crippen molar-refractivity contribution in [1.29, 1.82) is 0 Å². The van der Waals surface area contributed by atoms with Crippen LogP contribution in [0.2, 0.25) is 0 Å². The largest absolute Gasteiger partial charge is 0.389 e. The van der Waals surface area contributed by atoms with Gasteiger partial charge >= 0.3 is 0 Å². The Balaban J connectivity index is 1.49. The topological polar surface area (TPSA) is 95.2 Å². The molecule has 4 aromatic heterocycles. The molecule has 0 radical (unpaired) electrons. The Hall–Kier alpha value is -3.88. The molecule has 5 rings (SSSR count). The van der Waals surface area contributed by atoms with Crippen molar-refractivity contribution in [1.82, 2.24) is 34.4 Å². The van der Waals surface area contributed by atoms with Gasteiger partial charge in [-0.1, -0.05) is 30.3 Å². The summed E-state index contributed by atoms with van der Waals surface area (Å²) in [5.41, 5.74) is 7.24. The molecule has 0 aliphatic heterocycles. The van der Waals surface area contributed by atoms with E-state index in [1.807, 2.05) is 68.7 Å². The maximum Gasteiger partial charge on any atom is 0.155 e. The van der Waals surface area contributed by atoms with Crippen molar-refractivity contribution in [3.63, 3.8) is 0 Å². The third-order valence-corrected chi connectivity index (χ3v) is 5.81. The van der Waals surface area contributed by atoms with E-state index in [9.17, 15) is 5.11 Å². The molecule has 0 saturated heterocycles. The molecule has 8 heteroatoms. The molecule has 0 spiro atoms. The van der Waals surface area contributed by atoms with Gasteiger partial charge in [0.1, 0.15) is 12.2 Å². The summed E-state index contributed by atoms with van der Waals surface area (Å²) in [5, 5.41) is 14.4. The van der Waals surface area contributed by atoms with Gasteiger partial charge in [0.05, 0.1) is 29.7 Å². The van der Waals surface area contributed by atoms with E-state index in [0.29, 0.717) is 13.1 Å². The van der Waals surface area contributed by atoms with Gasteiger partial charge in [0.25, 0.3) is 0 Å². The number of benzene rings is 1. The summed E-state index contributed by atoms with van der Waals surface area (Å²) in [6.07, 6.45) is 2.97. The van der Waals surface area contributed by atoms with E-state index >= 15 is 0 Å². The molecule has 2 N–H and O–H groups in total. The number of aromatic nitrogens is 6. The average Bonchev–Trinajstić information content (AvgIpc) is 3.45. The molecule has 0 aliphatic carbocycles. The SMILES string of the molecule is Cc1cccc(-c2[nH]c(CN(C)Cc3ccccc3C(C)O)nc2-c2ccc3ncnn3c2)n1. The van der Waals surface area contributed by atoms with Gasteiger partial charge < -0.3 is 10.1 Å². The number of nitrogens with zero attached hydrogens (tertiary/aromatic N) is 6. The zero-order valence-electron chi connectivity index (χ0n) is 19.5. The van der Waals surface area contributed by atoms with Crippen LogP contribution >= 0.6 is 0 Å². The molecule has 0 amide bonds. The maximum absolute atomic E-state index is 10.1. The van der Waals surface area contributed by atoms with Crippen LogP contribution < -0.4 is 0 Å². The van der Waals surface area contributed by atoms with Crippen molar-refractivity contribution in [2.24, 2.45) is 0 Å². The molecule has 8 nitrogen and oxygen atoms in total. The number of hydrogen-bond donors (Lipinski definition) is 2. The minimum absolute atomic E-state index is 0.509. The summed E-state index contributed by atoms with van der Waals surface area (Å²) >= 11 is 0. The lowest BCUT2D eigenvalue weighted by molar-refractivity contribution is 0.196. The molecule has 34 heavy (non-hydrogen) atoms. The number of fused-ring (bicyclic) bond motifs is 1. The van der Waals surface area contributed by atoms with Crippen LogP contribution in [0, 0.1) is 6.92 Å². The quantitative estimate of drug-likeness (QED) is 0.384. The predicted octanol–water partition coefficient (Wildman–Crippen LogP) is 4.18. The number of nitrogens with one attached hydrogen (secondary N) is 1. The Morgan fingerprint density at radius 2 is 1.88 bits per heavy atom. The van der Waals surface area contributed by atoms with Crippen molar-refractivity contribution in [2.75, 3.05) is 7.05 Å². The molecule has 0 saturated carbocycles. The molecule has 0 fully saturated rings. The van der Waals surface area contributed by atoms with Crippen LogP contribution in [0.1, 0.15) is 35.7 Å². The second kappa shape index (κ2) is 9.17. The fourth-order valence-corrected chi connectivity index (χ4v) is 4.22. The molecule has 1 aromatic carbocycles. The van der Waals surface area contributed by atoms with Crippen LogP contribution in [-0.4, -0.2) is 46.6 Å². The number of aliphatic hydroxyl groups is 1. The number of aromatic amines is 1. The number of hydrogen-bond acceptors (Lipinski definition) is 6. The Morgan fingerprint density at radius 3 is 2.71 bits per heavy atom. The van der Waals surface area contributed by atoms with E-state index in [1.165, 1.54) is 6.33 Å². The van der Waals surface area contributed by atoms with Gasteiger partial charge in [0, 0.05) is 24.0 Å². The normalized spacial score (nSPS) is 12.5. The van der Waals surface area contributed by atoms with Crippen LogP contribution in [0.5, 0.6) is 0 Å². The fourth-order valence-electron chi connectivity index (χ4n) is 4.22. The van der Waals surface area contributed by atoms with E-state index in [0.717, 1.165) is 50.9 Å². The molecule has 172 valence electrons. The average molecular weight is 454 g/mol. The summed E-state index contributed by atoms with van der Waals surface area (Å²) < 4.78 is 1.75. The van der Waals surface area contributed by atoms with Crippen LogP contribution in [0.15, 0.2) is 67.1 Å². The van der Waals surface area contributed by atoms with E-state index in [1.54, 1.807) is 11.4 Å². The minimum atomic E-state index is -0.509. The fraction of sp³-hybridized carbons (Fsp3) is 0.231. The van der Waals surface area contributed by atoms with Crippen molar-refractivity contribution in [3.8, 4) is 22.6 Å². The molecule has 0 aliphatic rings. The first-order valence-electron chi connectivity index (χ1n) is 11.2. The van der Waals surface area contributed by atoms with E-state index in [2.05, 4.69) is 26.0 Å². The highest BCUT2D eigenvalue weighted by Gasteiger charge is 2.18. The van der Waals surface area contributed by atoms with Crippen molar-refractivity contribution >= 4 is 5.65 Å². The summed E-state index contributed by atoms with van der Waals surface area (Å²) in [5.74, 6) is 0.837. The van der Waals surface area contributed by atoms with Crippen molar-refractivity contribution in [3.05, 3.63) is 89.8 Å². The lowest BCUT2D eigenvalue weighted by Crippen LogP contribution is -2.19. The summed E-state index contributed by atoms with van der Waals surface area (Å²) in [6, 6.07) is 17.9. The Kier molecular flexibility index (Phi) is 5.91. The van der Waals surface area contributed by atoms with Crippen LogP contribution in [-0.2, 0) is 13.1 Å². The third-order valence-electron chi connectivity index (χ3n) is 5.81. The van der Waals surface area contributed by atoms with Gasteiger partial charge in [-0.25, -0.2) is 14.5 Å². The van der Waals surface area contributed by atoms with Crippen molar-refractivity contribution in [2.45, 2.75) is 33.0 Å². The second-order valence-electron chi connectivity index (χ2n) is 8.60. The summed E-state index contributed by atoms with van der Waals surface area (Å²) in [7, 11) is 2.05. The third kappa shape index (κ3) is 4.46. The van der Waals surface area contributed by atoms with Gasteiger partial charge in [-0.15, -0.1) is 0 Å². The summed E-state index contributed by atoms with van der Waals surface area (Å²) in [4.78, 5) is 19.6.